The van der Waals surface area contributed by atoms with E-state index in [0.717, 1.165) is 0 Å². The number of anilines is 1. The summed E-state index contributed by atoms with van der Waals surface area (Å²) in [4.78, 5) is 11.6. The van der Waals surface area contributed by atoms with Crippen molar-refractivity contribution in [3.63, 3.8) is 0 Å². The van der Waals surface area contributed by atoms with Crippen molar-refractivity contribution < 1.29 is 14.3 Å². The van der Waals surface area contributed by atoms with Crippen LogP contribution in [0.2, 0.25) is 0 Å². The van der Waals surface area contributed by atoms with E-state index in [-0.39, 0.29) is 18.3 Å². The van der Waals surface area contributed by atoms with Crippen molar-refractivity contribution in [2.75, 3.05) is 11.9 Å². The number of aliphatic hydroxyl groups excluding tert-OH is 1. The molecular formula is C12H16BrFN2O2. The number of halogens is 2. The molecule has 0 aliphatic rings. The first kappa shape index (κ1) is 14.9. The Hall–Kier alpha value is -1.14. The quantitative estimate of drug-likeness (QED) is 0.781. The third kappa shape index (κ3) is 4.62. The molecule has 2 amide bonds. The second-order valence-electron chi connectivity index (χ2n) is 3.84. The number of carbonyl (C=O) groups is 1. The van der Waals surface area contributed by atoms with E-state index in [2.05, 4.69) is 26.6 Å². The number of urea groups is 1. The molecule has 1 unspecified atom stereocenters. The van der Waals surface area contributed by atoms with Crippen molar-refractivity contribution in [1.29, 1.82) is 0 Å². The van der Waals surface area contributed by atoms with Gasteiger partial charge in [-0.3, -0.25) is 0 Å². The van der Waals surface area contributed by atoms with Crippen molar-refractivity contribution in [3.05, 3.63) is 28.5 Å². The van der Waals surface area contributed by atoms with Gasteiger partial charge in [0.05, 0.1) is 5.69 Å². The average molecular weight is 319 g/mol. The minimum atomic E-state index is -0.497. The highest BCUT2D eigenvalue weighted by molar-refractivity contribution is 9.10. The van der Waals surface area contributed by atoms with E-state index >= 15 is 0 Å². The van der Waals surface area contributed by atoms with Gasteiger partial charge in [-0.05, 0) is 31.0 Å². The summed E-state index contributed by atoms with van der Waals surface area (Å²) in [6.45, 7) is 1.91. The van der Waals surface area contributed by atoms with Crippen LogP contribution in [0.25, 0.3) is 0 Å². The van der Waals surface area contributed by atoms with Crippen molar-refractivity contribution in [2.24, 2.45) is 0 Å². The van der Waals surface area contributed by atoms with Gasteiger partial charge in [0.15, 0.2) is 0 Å². The van der Waals surface area contributed by atoms with Crippen LogP contribution in [-0.4, -0.2) is 23.8 Å². The highest BCUT2D eigenvalue weighted by Gasteiger charge is 2.11. The fourth-order valence-electron chi connectivity index (χ4n) is 1.47. The van der Waals surface area contributed by atoms with E-state index in [0.29, 0.717) is 17.3 Å². The van der Waals surface area contributed by atoms with Gasteiger partial charge in [0.2, 0.25) is 0 Å². The zero-order valence-corrected chi connectivity index (χ0v) is 11.6. The molecule has 1 rings (SSSR count). The fraction of sp³-hybridized carbons (Fsp3) is 0.417. The first-order valence-electron chi connectivity index (χ1n) is 5.70. The monoisotopic (exact) mass is 318 g/mol. The molecule has 0 heterocycles. The second-order valence-corrected chi connectivity index (χ2v) is 4.76. The Kier molecular flexibility index (Phi) is 6.07. The number of benzene rings is 1. The van der Waals surface area contributed by atoms with Gasteiger partial charge in [0.25, 0.3) is 0 Å². The minimum Gasteiger partial charge on any atom is -0.396 e. The third-order valence-corrected chi connectivity index (χ3v) is 2.98. The van der Waals surface area contributed by atoms with Crippen LogP contribution in [0.15, 0.2) is 22.7 Å². The number of nitrogens with one attached hydrogen (secondary N) is 2. The lowest BCUT2D eigenvalue weighted by Gasteiger charge is -2.16. The molecule has 1 atom stereocenters. The molecule has 0 saturated carbocycles. The number of amides is 2. The lowest BCUT2D eigenvalue weighted by Crippen LogP contribution is -2.38. The van der Waals surface area contributed by atoms with Crippen LogP contribution in [0.3, 0.4) is 0 Å². The molecule has 3 N–H and O–H groups in total. The van der Waals surface area contributed by atoms with Crippen molar-refractivity contribution in [2.45, 2.75) is 25.8 Å². The minimum absolute atomic E-state index is 0.00400. The largest absolute Gasteiger partial charge is 0.396 e. The lowest BCUT2D eigenvalue weighted by atomic mass is 10.2. The Morgan fingerprint density at radius 1 is 1.56 bits per heavy atom. The first-order chi connectivity index (χ1) is 8.56. The van der Waals surface area contributed by atoms with Gasteiger partial charge < -0.3 is 15.7 Å². The second kappa shape index (κ2) is 7.33. The van der Waals surface area contributed by atoms with Gasteiger partial charge in [0.1, 0.15) is 5.82 Å². The summed E-state index contributed by atoms with van der Waals surface area (Å²) < 4.78 is 14.1. The van der Waals surface area contributed by atoms with Crippen LogP contribution < -0.4 is 10.6 Å². The predicted octanol–water partition coefficient (Wildman–Crippen LogP) is 2.87. The Bertz CT molecular complexity index is 415. The van der Waals surface area contributed by atoms with E-state index in [1.165, 1.54) is 12.1 Å². The molecule has 18 heavy (non-hydrogen) atoms. The first-order valence-corrected chi connectivity index (χ1v) is 6.49. The number of hydrogen-bond acceptors (Lipinski definition) is 2. The van der Waals surface area contributed by atoms with Crippen LogP contribution in [0, 0.1) is 5.82 Å². The van der Waals surface area contributed by atoms with Crippen LogP contribution >= 0.6 is 15.9 Å². The highest BCUT2D eigenvalue weighted by atomic mass is 79.9. The van der Waals surface area contributed by atoms with Crippen LogP contribution in [0.1, 0.15) is 19.8 Å². The Morgan fingerprint density at radius 2 is 2.28 bits per heavy atom. The van der Waals surface area contributed by atoms with Gasteiger partial charge in [-0.2, -0.15) is 0 Å². The molecule has 0 radical (unpaired) electrons. The number of hydrogen-bond donors (Lipinski definition) is 3. The van der Waals surface area contributed by atoms with Gasteiger partial charge in [0, 0.05) is 17.1 Å². The van der Waals surface area contributed by atoms with Crippen molar-refractivity contribution in [1.82, 2.24) is 5.32 Å². The summed E-state index contributed by atoms with van der Waals surface area (Å²) in [6.07, 6.45) is 1.18. The zero-order chi connectivity index (χ0) is 13.5. The fourth-order valence-corrected chi connectivity index (χ4v) is 1.83. The van der Waals surface area contributed by atoms with Gasteiger partial charge in [-0.15, -0.1) is 0 Å². The van der Waals surface area contributed by atoms with Crippen LogP contribution in [0.5, 0.6) is 0 Å². The maximum Gasteiger partial charge on any atom is 0.319 e. The SMILES string of the molecule is CCC(CCO)NC(=O)Nc1cc(Br)ccc1F. The predicted molar refractivity (Wildman–Crippen MR) is 72.0 cm³/mol. The molecule has 0 aliphatic heterocycles. The standard InChI is InChI=1S/C12H16BrFN2O2/c1-2-9(5-6-17)15-12(18)16-11-7-8(13)3-4-10(11)14/h3-4,7,9,17H,2,5-6H2,1H3,(H2,15,16,18). The number of aliphatic hydroxyl groups is 1. The van der Waals surface area contributed by atoms with E-state index in [4.69, 9.17) is 5.11 Å². The van der Waals surface area contributed by atoms with E-state index in [9.17, 15) is 9.18 Å². The molecule has 6 heteroatoms. The lowest BCUT2D eigenvalue weighted by molar-refractivity contribution is 0.237. The third-order valence-electron chi connectivity index (χ3n) is 2.48. The molecule has 4 nitrogen and oxygen atoms in total. The van der Waals surface area contributed by atoms with Crippen molar-refractivity contribution >= 4 is 27.6 Å². The summed E-state index contributed by atoms with van der Waals surface area (Å²) in [5.41, 5.74) is 0.112. The molecule has 0 fully saturated rings. The molecule has 0 spiro atoms. The Balaban J connectivity index is 2.61. The summed E-state index contributed by atoms with van der Waals surface area (Å²) >= 11 is 3.20. The summed E-state index contributed by atoms with van der Waals surface area (Å²) in [7, 11) is 0. The molecule has 0 saturated heterocycles. The van der Waals surface area contributed by atoms with E-state index in [1.54, 1.807) is 6.07 Å². The summed E-state index contributed by atoms with van der Waals surface area (Å²) in [5.74, 6) is -0.497. The summed E-state index contributed by atoms with van der Waals surface area (Å²) in [5, 5.41) is 13.9. The molecule has 1 aromatic carbocycles. The van der Waals surface area contributed by atoms with Crippen LogP contribution in [0.4, 0.5) is 14.9 Å². The molecule has 0 aromatic heterocycles. The smallest absolute Gasteiger partial charge is 0.319 e. The maximum atomic E-state index is 13.4. The molecule has 100 valence electrons. The zero-order valence-electron chi connectivity index (χ0n) is 10.0. The molecular weight excluding hydrogens is 303 g/mol. The molecule has 1 aromatic rings. The highest BCUT2D eigenvalue weighted by Crippen LogP contribution is 2.19. The summed E-state index contributed by atoms with van der Waals surface area (Å²) in [6, 6.07) is 3.71. The Labute approximate surface area is 114 Å². The van der Waals surface area contributed by atoms with Gasteiger partial charge >= 0.3 is 6.03 Å². The normalized spacial score (nSPS) is 12.0. The topological polar surface area (TPSA) is 61.4 Å². The van der Waals surface area contributed by atoms with Gasteiger partial charge in [-0.1, -0.05) is 22.9 Å². The molecule has 0 bridgehead atoms. The van der Waals surface area contributed by atoms with Crippen LogP contribution in [-0.2, 0) is 0 Å². The Morgan fingerprint density at radius 3 is 2.89 bits per heavy atom. The van der Waals surface area contributed by atoms with Crippen molar-refractivity contribution in [3.8, 4) is 0 Å². The van der Waals surface area contributed by atoms with E-state index < -0.39 is 11.8 Å². The van der Waals surface area contributed by atoms with Gasteiger partial charge in [-0.25, -0.2) is 9.18 Å². The molecule has 0 aliphatic carbocycles. The maximum absolute atomic E-state index is 13.4. The number of rotatable bonds is 5. The number of carbonyl (C=O) groups excluding carboxylic acids is 1. The van der Waals surface area contributed by atoms with E-state index in [1.807, 2.05) is 6.92 Å². The average Bonchev–Trinajstić information content (AvgIpc) is 2.33.